The predicted octanol–water partition coefficient (Wildman–Crippen LogP) is 2.97. The molecule has 138 valence electrons. The van der Waals surface area contributed by atoms with E-state index in [9.17, 15) is 14.4 Å². The second kappa shape index (κ2) is 7.74. The van der Waals surface area contributed by atoms with Crippen molar-refractivity contribution in [2.24, 2.45) is 0 Å². The highest BCUT2D eigenvalue weighted by Gasteiger charge is 2.13. The van der Waals surface area contributed by atoms with Crippen molar-refractivity contribution in [3.05, 3.63) is 70.0 Å². The molecule has 0 aliphatic carbocycles. The zero-order valence-electron chi connectivity index (χ0n) is 14.9. The average Bonchev–Trinajstić information content (AvgIpc) is 2.67. The van der Waals surface area contributed by atoms with Crippen LogP contribution in [-0.2, 0) is 4.74 Å². The van der Waals surface area contributed by atoms with E-state index in [1.165, 1.54) is 25.3 Å². The van der Waals surface area contributed by atoms with Gasteiger partial charge in [0.15, 0.2) is 0 Å². The minimum absolute atomic E-state index is 0.0202. The number of aromatic amines is 1. The lowest BCUT2D eigenvalue weighted by Gasteiger charge is -2.08. The number of H-pyrrole nitrogens is 1. The van der Waals surface area contributed by atoms with Crippen molar-refractivity contribution in [3.63, 3.8) is 0 Å². The number of hydrogen-bond acceptors (Lipinski definition) is 5. The van der Waals surface area contributed by atoms with Gasteiger partial charge in [-0.05, 0) is 55.5 Å². The fourth-order valence-electron chi connectivity index (χ4n) is 2.62. The quantitative estimate of drug-likeness (QED) is 0.677. The summed E-state index contributed by atoms with van der Waals surface area (Å²) in [5.74, 6) is -0.364. The maximum atomic E-state index is 12.5. The minimum atomic E-state index is -0.550. The predicted molar refractivity (Wildman–Crippen MR) is 101 cm³/mol. The Bertz CT molecular complexity index is 1050. The van der Waals surface area contributed by atoms with E-state index in [0.29, 0.717) is 34.5 Å². The Kier molecular flexibility index (Phi) is 5.21. The zero-order valence-corrected chi connectivity index (χ0v) is 14.9. The Morgan fingerprint density at radius 3 is 2.48 bits per heavy atom. The van der Waals surface area contributed by atoms with E-state index in [-0.39, 0.29) is 5.56 Å². The van der Waals surface area contributed by atoms with Crippen molar-refractivity contribution in [2.45, 2.75) is 6.92 Å². The van der Waals surface area contributed by atoms with Gasteiger partial charge in [-0.15, -0.1) is 0 Å². The molecule has 2 aromatic carbocycles. The minimum Gasteiger partial charge on any atom is -0.494 e. The molecule has 2 N–H and O–H groups in total. The number of amides is 1. The number of esters is 1. The van der Waals surface area contributed by atoms with E-state index in [1.54, 1.807) is 30.3 Å². The summed E-state index contributed by atoms with van der Waals surface area (Å²) in [5, 5.41) is 3.33. The van der Waals surface area contributed by atoms with Crippen molar-refractivity contribution in [1.29, 1.82) is 0 Å². The van der Waals surface area contributed by atoms with Crippen molar-refractivity contribution >= 4 is 28.5 Å². The average molecular weight is 366 g/mol. The van der Waals surface area contributed by atoms with Gasteiger partial charge in [-0.25, -0.2) is 4.79 Å². The maximum Gasteiger partial charge on any atom is 0.337 e. The van der Waals surface area contributed by atoms with Gasteiger partial charge in [0, 0.05) is 16.6 Å². The molecule has 1 aromatic heterocycles. The topological polar surface area (TPSA) is 97.5 Å². The van der Waals surface area contributed by atoms with Crippen LogP contribution < -0.4 is 15.6 Å². The summed E-state index contributed by atoms with van der Waals surface area (Å²) in [7, 11) is 1.29. The molecule has 3 aromatic rings. The number of anilines is 1. The standard InChI is InChI=1S/C20H18N2O5/c1-3-27-15-8-9-17-13(10-15)11-16(19(24)22-17)18(23)21-14-6-4-12(5-7-14)20(25)26-2/h4-11H,3H2,1-2H3,(H,21,23)(H,22,24). The van der Waals surface area contributed by atoms with Crippen LogP contribution in [-0.4, -0.2) is 30.6 Å². The molecule has 0 unspecified atom stereocenters. The third kappa shape index (κ3) is 3.98. The number of benzene rings is 2. The van der Waals surface area contributed by atoms with Crippen LogP contribution in [0, 0.1) is 0 Å². The molecule has 0 spiro atoms. The smallest absolute Gasteiger partial charge is 0.337 e. The first-order valence-corrected chi connectivity index (χ1v) is 8.31. The molecule has 0 atom stereocenters. The molecule has 3 rings (SSSR count). The third-order valence-electron chi connectivity index (χ3n) is 3.94. The summed E-state index contributed by atoms with van der Waals surface area (Å²) in [4.78, 5) is 38.9. The number of nitrogens with one attached hydrogen (secondary N) is 2. The summed E-state index contributed by atoms with van der Waals surface area (Å²) in [6, 6.07) is 12.9. The molecule has 7 heteroatoms. The fourth-order valence-corrected chi connectivity index (χ4v) is 2.62. The lowest BCUT2D eigenvalue weighted by molar-refractivity contribution is 0.0600. The molecule has 0 saturated heterocycles. The van der Waals surface area contributed by atoms with Crippen LogP contribution in [0.4, 0.5) is 5.69 Å². The van der Waals surface area contributed by atoms with Gasteiger partial charge in [-0.2, -0.15) is 0 Å². The van der Waals surface area contributed by atoms with E-state index in [0.717, 1.165) is 0 Å². The summed E-state index contributed by atoms with van der Waals surface area (Å²) in [5.41, 5.74) is 0.920. The molecule has 0 radical (unpaired) electrons. The first kappa shape index (κ1) is 18.2. The third-order valence-corrected chi connectivity index (χ3v) is 3.94. The van der Waals surface area contributed by atoms with Crippen LogP contribution in [0.3, 0.4) is 0 Å². The second-order valence-electron chi connectivity index (χ2n) is 5.72. The number of fused-ring (bicyclic) bond motifs is 1. The maximum absolute atomic E-state index is 12.5. The Morgan fingerprint density at radius 2 is 1.81 bits per heavy atom. The van der Waals surface area contributed by atoms with Gasteiger partial charge >= 0.3 is 5.97 Å². The monoisotopic (exact) mass is 366 g/mol. The number of methoxy groups -OCH3 is 1. The number of pyridine rings is 1. The number of aromatic nitrogens is 1. The van der Waals surface area contributed by atoms with Crippen LogP contribution in [0.5, 0.6) is 5.75 Å². The zero-order chi connectivity index (χ0) is 19.4. The van der Waals surface area contributed by atoms with Crippen LogP contribution in [0.15, 0.2) is 53.3 Å². The van der Waals surface area contributed by atoms with Crippen molar-refractivity contribution in [2.75, 3.05) is 19.0 Å². The van der Waals surface area contributed by atoms with E-state index >= 15 is 0 Å². The molecule has 1 heterocycles. The normalized spacial score (nSPS) is 10.4. The molecule has 7 nitrogen and oxygen atoms in total. The second-order valence-corrected chi connectivity index (χ2v) is 5.72. The van der Waals surface area contributed by atoms with Crippen molar-refractivity contribution < 1.29 is 19.1 Å². The summed E-state index contributed by atoms with van der Waals surface area (Å²) >= 11 is 0. The van der Waals surface area contributed by atoms with E-state index in [1.807, 2.05) is 6.92 Å². The fraction of sp³-hybridized carbons (Fsp3) is 0.150. The van der Waals surface area contributed by atoms with E-state index < -0.39 is 17.4 Å². The molecular formula is C20H18N2O5. The Labute approximate surface area is 154 Å². The number of hydrogen-bond donors (Lipinski definition) is 2. The molecule has 27 heavy (non-hydrogen) atoms. The lowest BCUT2D eigenvalue weighted by atomic mass is 10.1. The van der Waals surface area contributed by atoms with Crippen LogP contribution in [0.1, 0.15) is 27.6 Å². The van der Waals surface area contributed by atoms with Gasteiger partial charge in [0.1, 0.15) is 11.3 Å². The van der Waals surface area contributed by atoms with Crippen LogP contribution >= 0.6 is 0 Å². The molecule has 0 bridgehead atoms. The van der Waals surface area contributed by atoms with Crippen LogP contribution in [0.25, 0.3) is 10.9 Å². The molecule has 1 amide bonds. The largest absolute Gasteiger partial charge is 0.494 e. The number of rotatable bonds is 5. The molecular weight excluding hydrogens is 348 g/mol. The van der Waals surface area contributed by atoms with Gasteiger partial charge in [0.2, 0.25) is 0 Å². The molecule has 0 fully saturated rings. The van der Waals surface area contributed by atoms with Gasteiger partial charge in [-0.3, -0.25) is 9.59 Å². The summed E-state index contributed by atoms with van der Waals surface area (Å²) in [6.45, 7) is 2.39. The lowest BCUT2D eigenvalue weighted by Crippen LogP contribution is -2.23. The SMILES string of the molecule is CCOc1ccc2[nH]c(=O)c(C(=O)Nc3ccc(C(=O)OC)cc3)cc2c1. The highest BCUT2D eigenvalue weighted by atomic mass is 16.5. The van der Waals surface area contributed by atoms with Crippen molar-refractivity contribution in [3.8, 4) is 5.75 Å². The van der Waals surface area contributed by atoms with Gasteiger partial charge in [-0.1, -0.05) is 0 Å². The van der Waals surface area contributed by atoms with Crippen LogP contribution in [0.2, 0.25) is 0 Å². The summed E-state index contributed by atoms with van der Waals surface area (Å²) < 4.78 is 10.1. The molecule has 0 aliphatic rings. The highest BCUT2D eigenvalue weighted by Crippen LogP contribution is 2.20. The number of carbonyl (C=O) groups is 2. The Morgan fingerprint density at radius 1 is 1.07 bits per heavy atom. The van der Waals surface area contributed by atoms with Gasteiger partial charge in [0.25, 0.3) is 11.5 Å². The Hall–Kier alpha value is -3.61. The Balaban J connectivity index is 1.87. The molecule has 0 saturated carbocycles. The highest BCUT2D eigenvalue weighted by molar-refractivity contribution is 6.06. The number of carbonyl (C=O) groups excluding carboxylic acids is 2. The summed E-state index contributed by atoms with van der Waals surface area (Å²) in [6.07, 6.45) is 0. The van der Waals surface area contributed by atoms with Gasteiger partial charge < -0.3 is 19.8 Å². The van der Waals surface area contributed by atoms with E-state index in [2.05, 4.69) is 15.0 Å². The first-order chi connectivity index (χ1) is 13.0. The van der Waals surface area contributed by atoms with E-state index in [4.69, 9.17) is 4.74 Å². The van der Waals surface area contributed by atoms with Crippen molar-refractivity contribution in [1.82, 2.24) is 4.98 Å². The number of ether oxygens (including phenoxy) is 2. The first-order valence-electron chi connectivity index (χ1n) is 8.31. The van der Waals surface area contributed by atoms with Gasteiger partial charge in [0.05, 0.1) is 19.3 Å². The molecule has 0 aliphatic heterocycles.